The van der Waals surface area contributed by atoms with Crippen molar-refractivity contribution in [3.8, 4) is 11.5 Å². The SMILES string of the molecule is COc1cc(C=CC=O)cc(Cl)c1O. The Labute approximate surface area is 86.6 Å². The molecule has 0 amide bonds. The highest BCUT2D eigenvalue weighted by molar-refractivity contribution is 6.32. The Balaban J connectivity index is 3.15. The first-order valence-corrected chi connectivity index (χ1v) is 4.25. The normalized spacial score (nSPS) is 10.4. The van der Waals surface area contributed by atoms with Crippen molar-refractivity contribution in [1.82, 2.24) is 0 Å². The number of allylic oxidation sites excluding steroid dienone is 1. The average Bonchev–Trinajstić information content (AvgIpc) is 2.19. The van der Waals surface area contributed by atoms with Crippen molar-refractivity contribution in [3.63, 3.8) is 0 Å². The molecule has 0 aromatic heterocycles. The van der Waals surface area contributed by atoms with Crippen LogP contribution in [0.1, 0.15) is 5.56 Å². The van der Waals surface area contributed by atoms with E-state index < -0.39 is 0 Å². The van der Waals surface area contributed by atoms with Crippen molar-refractivity contribution >= 4 is 24.0 Å². The second-order valence-corrected chi connectivity index (χ2v) is 2.96. The number of ether oxygens (including phenoxy) is 1. The highest BCUT2D eigenvalue weighted by Crippen LogP contribution is 2.35. The van der Waals surface area contributed by atoms with Gasteiger partial charge in [0.25, 0.3) is 0 Å². The Kier molecular flexibility index (Phi) is 3.54. The van der Waals surface area contributed by atoms with Crippen LogP contribution in [0, 0.1) is 0 Å². The molecule has 1 rings (SSSR count). The van der Waals surface area contributed by atoms with E-state index in [1.54, 1.807) is 18.2 Å². The van der Waals surface area contributed by atoms with E-state index in [9.17, 15) is 9.90 Å². The van der Waals surface area contributed by atoms with Crippen molar-refractivity contribution in [2.24, 2.45) is 0 Å². The van der Waals surface area contributed by atoms with Crippen LogP contribution in [-0.2, 0) is 4.79 Å². The molecule has 3 nitrogen and oxygen atoms in total. The van der Waals surface area contributed by atoms with E-state index in [1.165, 1.54) is 13.2 Å². The molecule has 1 aromatic carbocycles. The molecule has 4 heteroatoms. The lowest BCUT2D eigenvalue weighted by atomic mass is 10.2. The van der Waals surface area contributed by atoms with Gasteiger partial charge in [0.2, 0.25) is 0 Å². The first-order chi connectivity index (χ1) is 6.69. The molecule has 0 aliphatic heterocycles. The van der Waals surface area contributed by atoms with E-state index >= 15 is 0 Å². The van der Waals surface area contributed by atoms with Gasteiger partial charge >= 0.3 is 0 Å². The molecule has 0 heterocycles. The standard InChI is InChI=1S/C10H9ClO3/c1-14-9-6-7(3-2-4-12)5-8(11)10(9)13/h2-6,13H,1H3. The van der Waals surface area contributed by atoms with Crippen molar-refractivity contribution < 1.29 is 14.6 Å². The van der Waals surface area contributed by atoms with Crippen LogP contribution < -0.4 is 4.74 Å². The van der Waals surface area contributed by atoms with Crippen LogP contribution in [-0.4, -0.2) is 18.5 Å². The fraction of sp³-hybridized carbons (Fsp3) is 0.100. The highest BCUT2D eigenvalue weighted by Gasteiger charge is 2.06. The number of phenols is 1. The third-order valence-corrected chi connectivity index (χ3v) is 1.93. The number of phenolic OH excluding ortho intramolecular Hbond substituents is 1. The van der Waals surface area contributed by atoms with Crippen LogP contribution >= 0.6 is 11.6 Å². The Morgan fingerprint density at radius 2 is 2.21 bits per heavy atom. The zero-order chi connectivity index (χ0) is 10.6. The van der Waals surface area contributed by atoms with Gasteiger partial charge in [0.1, 0.15) is 6.29 Å². The molecule has 0 saturated heterocycles. The third-order valence-electron chi connectivity index (χ3n) is 1.64. The summed E-state index contributed by atoms with van der Waals surface area (Å²) in [5.74, 6) is 0.181. The lowest BCUT2D eigenvalue weighted by Gasteiger charge is -2.05. The molecule has 1 N–H and O–H groups in total. The Morgan fingerprint density at radius 1 is 1.50 bits per heavy atom. The predicted molar refractivity (Wildman–Crippen MR) is 54.8 cm³/mol. The van der Waals surface area contributed by atoms with Crippen molar-refractivity contribution in [1.29, 1.82) is 0 Å². The number of hydrogen-bond donors (Lipinski definition) is 1. The number of hydrogen-bond acceptors (Lipinski definition) is 3. The van der Waals surface area contributed by atoms with Crippen molar-refractivity contribution in [2.45, 2.75) is 0 Å². The van der Waals surface area contributed by atoms with E-state index in [0.29, 0.717) is 11.8 Å². The lowest BCUT2D eigenvalue weighted by Crippen LogP contribution is -1.85. The Bertz CT molecular complexity index is 372. The van der Waals surface area contributed by atoms with Gasteiger partial charge in [0, 0.05) is 0 Å². The van der Waals surface area contributed by atoms with Crippen LogP contribution in [0.25, 0.3) is 6.08 Å². The number of carbonyl (C=O) groups excluding carboxylic acids is 1. The largest absolute Gasteiger partial charge is 0.503 e. The number of aldehydes is 1. The summed E-state index contributed by atoms with van der Waals surface area (Å²) in [6, 6.07) is 3.13. The summed E-state index contributed by atoms with van der Waals surface area (Å²) in [5.41, 5.74) is 0.691. The number of carbonyl (C=O) groups is 1. The molecule has 0 saturated carbocycles. The van der Waals surface area contributed by atoms with E-state index in [4.69, 9.17) is 16.3 Å². The van der Waals surface area contributed by atoms with Gasteiger partial charge in [-0.15, -0.1) is 0 Å². The van der Waals surface area contributed by atoms with Crippen LogP contribution in [0.4, 0.5) is 0 Å². The molecule has 0 spiro atoms. The van der Waals surface area contributed by atoms with Crippen molar-refractivity contribution in [2.75, 3.05) is 7.11 Å². The zero-order valence-electron chi connectivity index (χ0n) is 7.53. The van der Waals surface area contributed by atoms with Gasteiger partial charge in [-0.2, -0.15) is 0 Å². The smallest absolute Gasteiger partial charge is 0.176 e. The summed E-state index contributed by atoms with van der Waals surface area (Å²) in [6.07, 6.45) is 3.57. The molecule has 0 radical (unpaired) electrons. The van der Waals surface area contributed by atoms with Gasteiger partial charge in [-0.3, -0.25) is 4.79 Å². The van der Waals surface area contributed by atoms with E-state index in [1.807, 2.05) is 0 Å². The number of rotatable bonds is 3. The van der Waals surface area contributed by atoms with Crippen molar-refractivity contribution in [3.05, 3.63) is 28.8 Å². The molecule has 0 fully saturated rings. The Hall–Kier alpha value is -1.48. The quantitative estimate of drug-likeness (QED) is 0.618. The fourth-order valence-corrected chi connectivity index (χ4v) is 1.22. The molecule has 0 aliphatic rings. The summed E-state index contributed by atoms with van der Waals surface area (Å²) >= 11 is 5.72. The minimum atomic E-state index is -0.0996. The fourth-order valence-electron chi connectivity index (χ4n) is 0.996. The summed E-state index contributed by atoms with van der Waals surface area (Å²) in [7, 11) is 1.43. The van der Waals surface area contributed by atoms with Crippen LogP contribution in [0.3, 0.4) is 0 Å². The summed E-state index contributed by atoms with van der Waals surface area (Å²) in [4.78, 5) is 10.1. The summed E-state index contributed by atoms with van der Waals surface area (Å²) in [6.45, 7) is 0. The molecule has 0 bridgehead atoms. The first kappa shape index (κ1) is 10.6. The zero-order valence-corrected chi connectivity index (χ0v) is 8.28. The van der Waals surface area contributed by atoms with E-state index in [-0.39, 0.29) is 16.5 Å². The monoisotopic (exact) mass is 212 g/mol. The molecular formula is C10H9ClO3. The highest BCUT2D eigenvalue weighted by atomic mass is 35.5. The molecule has 74 valence electrons. The van der Waals surface area contributed by atoms with Gasteiger partial charge < -0.3 is 9.84 Å². The van der Waals surface area contributed by atoms with E-state index in [0.717, 1.165) is 0 Å². The number of aromatic hydroxyl groups is 1. The topological polar surface area (TPSA) is 46.5 Å². The van der Waals surface area contributed by atoms with Gasteiger partial charge in [-0.05, 0) is 23.8 Å². The maximum atomic E-state index is 10.1. The van der Waals surface area contributed by atoms with Crippen LogP contribution in [0.2, 0.25) is 5.02 Å². The number of benzene rings is 1. The van der Waals surface area contributed by atoms with E-state index in [2.05, 4.69) is 0 Å². The summed E-state index contributed by atoms with van der Waals surface area (Å²) < 4.78 is 4.89. The van der Waals surface area contributed by atoms with Gasteiger partial charge in [-0.25, -0.2) is 0 Å². The second kappa shape index (κ2) is 4.67. The Morgan fingerprint density at radius 3 is 2.79 bits per heavy atom. The van der Waals surface area contributed by atoms with Gasteiger partial charge in [-0.1, -0.05) is 17.7 Å². The average molecular weight is 213 g/mol. The van der Waals surface area contributed by atoms with Gasteiger partial charge in [0.15, 0.2) is 11.5 Å². The maximum absolute atomic E-state index is 10.1. The minimum absolute atomic E-state index is 0.0996. The molecule has 1 aromatic rings. The third kappa shape index (κ3) is 2.26. The minimum Gasteiger partial charge on any atom is -0.503 e. The van der Waals surface area contributed by atoms with Crippen LogP contribution in [0.5, 0.6) is 11.5 Å². The molecule has 0 atom stereocenters. The molecule has 0 aliphatic carbocycles. The first-order valence-electron chi connectivity index (χ1n) is 3.87. The lowest BCUT2D eigenvalue weighted by molar-refractivity contribution is -0.104. The summed E-state index contributed by atoms with van der Waals surface area (Å²) in [5, 5.41) is 9.59. The van der Waals surface area contributed by atoms with Gasteiger partial charge in [0.05, 0.1) is 12.1 Å². The second-order valence-electron chi connectivity index (χ2n) is 2.55. The molecular weight excluding hydrogens is 204 g/mol. The predicted octanol–water partition coefficient (Wildman–Crippen LogP) is 2.27. The molecule has 0 unspecified atom stereocenters. The number of halogens is 1. The molecule has 14 heavy (non-hydrogen) atoms. The number of methoxy groups -OCH3 is 1. The van der Waals surface area contributed by atoms with Crippen LogP contribution in [0.15, 0.2) is 18.2 Å². The maximum Gasteiger partial charge on any atom is 0.176 e.